The first kappa shape index (κ1) is 15.3. The number of carbonyl (C=O) groups is 1. The Labute approximate surface area is 132 Å². The highest BCUT2D eigenvalue weighted by Crippen LogP contribution is 2.24. The summed E-state index contributed by atoms with van der Waals surface area (Å²) in [5.74, 6) is 0.0653. The van der Waals surface area contributed by atoms with Crippen LogP contribution >= 0.6 is 22.6 Å². The van der Waals surface area contributed by atoms with E-state index in [1.165, 1.54) is 0 Å². The molecule has 2 rings (SSSR count). The second kappa shape index (κ2) is 6.54. The molecule has 2 aromatic rings. The highest BCUT2D eigenvalue weighted by Gasteiger charge is 2.19. The maximum Gasteiger partial charge on any atom is 0.253 e. The molecule has 1 amide bonds. The second-order valence-electron chi connectivity index (χ2n) is 5.15. The van der Waals surface area contributed by atoms with E-state index in [4.69, 9.17) is 0 Å². The smallest absolute Gasteiger partial charge is 0.253 e. The van der Waals surface area contributed by atoms with Crippen LogP contribution in [0.3, 0.4) is 0 Å². The zero-order valence-electron chi connectivity index (χ0n) is 11.6. The van der Waals surface area contributed by atoms with Crippen LogP contribution in [-0.4, -0.2) is 23.7 Å². The molecule has 0 spiro atoms. The first-order chi connectivity index (χ1) is 9.54. The first-order valence-electron chi connectivity index (χ1n) is 6.63. The zero-order valence-corrected chi connectivity index (χ0v) is 13.7. The largest absolute Gasteiger partial charge is 0.394 e. The van der Waals surface area contributed by atoms with Crippen LogP contribution in [0.4, 0.5) is 0 Å². The summed E-state index contributed by atoms with van der Waals surface area (Å²) in [6.45, 7) is 3.91. The highest BCUT2D eigenvalue weighted by atomic mass is 127. The molecule has 0 aliphatic rings. The van der Waals surface area contributed by atoms with Crippen molar-refractivity contribution in [1.29, 1.82) is 0 Å². The normalized spacial score (nSPS) is 12.7. The van der Waals surface area contributed by atoms with Crippen LogP contribution in [0.2, 0.25) is 0 Å². The van der Waals surface area contributed by atoms with Gasteiger partial charge in [-0.05, 0) is 45.3 Å². The van der Waals surface area contributed by atoms with E-state index < -0.39 is 0 Å². The fraction of sp³-hybridized carbons (Fsp3) is 0.312. The summed E-state index contributed by atoms with van der Waals surface area (Å²) < 4.78 is 0.916. The summed E-state index contributed by atoms with van der Waals surface area (Å²) in [5.41, 5.74) is 0.683. The van der Waals surface area contributed by atoms with Gasteiger partial charge in [-0.2, -0.15) is 0 Å². The predicted molar refractivity (Wildman–Crippen MR) is 89.8 cm³/mol. The third-order valence-electron chi connectivity index (χ3n) is 3.42. The summed E-state index contributed by atoms with van der Waals surface area (Å²) >= 11 is 2.18. The van der Waals surface area contributed by atoms with Crippen LogP contribution in [0.15, 0.2) is 36.4 Å². The molecule has 0 saturated carbocycles. The minimum absolute atomic E-state index is 0.0508. The van der Waals surface area contributed by atoms with Gasteiger partial charge >= 0.3 is 0 Å². The van der Waals surface area contributed by atoms with E-state index in [0.29, 0.717) is 5.56 Å². The molecule has 0 saturated heterocycles. The van der Waals surface area contributed by atoms with Gasteiger partial charge in [0.05, 0.1) is 18.2 Å². The number of aliphatic hydroxyl groups excluding tert-OH is 1. The lowest BCUT2D eigenvalue weighted by atomic mass is 10.0. The molecule has 0 unspecified atom stereocenters. The molecule has 0 aromatic heterocycles. The number of aliphatic hydroxyl groups is 1. The molecule has 0 heterocycles. The van der Waals surface area contributed by atoms with Crippen molar-refractivity contribution in [2.75, 3.05) is 6.61 Å². The Hall–Kier alpha value is -1.14. The summed E-state index contributed by atoms with van der Waals surface area (Å²) in [6.07, 6.45) is 0. The Bertz CT molecular complexity index is 625. The molecular formula is C16H18INO2. The van der Waals surface area contributed by atoms with Crippen LogP contribution in [0, 0.1) is 9.49 Å². The Morgan fingerprint density at radius 2 is 1.95 bits per heavy atom. The monoisotopic (exact) mass is 383 g/mol. The number of amides is 1. The van der Waals surface area contributed by atoms with Gasteiger partial charge in [0, 0.05) is 3.57 Å². The molecule has 3 nitrogen and oxygen atoms in total. The molecule has 0 aliphatic carbocycles. The Morgan fingerprint density at radius 1 is 1.25 bits per heavy atom. The highest BCUT2D eigenvalue weighted by molar-refractivity contribution is 14.1. The molecule has 4 heteroatoms. The average Bonchev–Trinajstić information content (AvgIpc) is 2.44. The Balaban J connectivity index is 2.41. The minimum Gasteiger partial charge on any atom is -0.394 e. The number of hydrogen-bond acceptors (Lipinski definition) is 2. The number of hydrogen-bond donors (Lipinski definition) is 2. The molecule has 0 radical (unpaired) electrons. The number of carbonyl (C=O) groups excluding carboxylic acids is 1. The summed E-state index contributed by atoms with van der Waals surface area (Å²) in [6, 6.07) is 11.6. The number of benzene rings is 2. The summed E-state index contributed by atoms with van der Waals surface area (Å²) in [7, 11) is 0. The topological polar surface area (TPSA) is 49.3 Å². The molecule has 20 heavy (non-hydrogen) atoms. The van der Waals surface area contributed by atoms with Gasteiger partial charge in [0.2, 0.25) is 0 Å². The number of fused-ring (bicyclic) bond motifs is 1. The lowest BCUT2D eigenvalue weighted by Gasteiger charge is -2.20. The van der Waals surface area contributed by atoms with Gasteiger partial charge in [-0.1, -0.05) is 44.2 Å². The van der Waals surface area contributed by atoms with Gasteiger partial charge < -0.3 is 10.4 Å². The minimum atomic E-state index is -0.225. The van der Waals surface area contributed by atoms with Crippen molar-refractivity contribution < 1.29 is 9.90 Å². The van der Waals surface area contributed by atoms with Gasteiger partial charge in [0.15, 0.2) is 0 Å². The van der Waals surface area contributed by atoms with E-state index in [0.717, 1.165) is 14.3 Å². The molecule has 0 fully saturated rings. The van der Waals surface area contributed by atoms with Gasteiger partial charge in [0.25, 0.3) is 5.91 Å². The van der Waals surface area contributed by atoms with Crippen molar-refractivity contribution >= 4 is 39.3 Å². The Morgan fingerprint density at radius 3 is 2.60 bits per heavy atom. The van der Waals surface area contributed by atoms with Crippen molar-refractivity contribution in [2.24, 2.45) is 5.92 Å². The van der Waals surface area contributed by atoms with Gasteiger partial charge in [-0.15, -0.1) is 0 Å². The first-order valence-corrected chi connectivity index (χ1v) is 7.71. The lowest BCUT2D eigenvalue weighted by Crippen LogP contribution is -2.41. The zero-order chi connectivity index (χ0) is 14.7. The summed E-state index contributed by atoms with van der Waals surface area (Å²) in [4.78, 5) is 12.5. The van der Waals surface area contributed by atoms with Crippen LogP contribution in [0.5, 0.6) is 0 Å². The molecule has 2 N–H and O–H groups in total. The fourth-order valence-corrected chi connectivity index (χ4v) is 2.85. The van der Waals surface area contributed by atoms with Gasteiger partial charge in [-0.3, -0.25) is 4.79 Å². The van der Waals surface area contributed by atoms with Crippen molar-refractivity contribution in [2.45, 2.75) is 19.9 Å². The summed E-state index contributed by atoms with van der Waals surface area (Å²) in [5, 5.41) is 14.3. The second-order valence-corrected chi connectivity index (χ2v) is 6.31. The molecule has 0 aliphatic heterocycles. The van der Waals surface area contributed by atoms with E-state index in [2.05, 4.69) is 27.9 Å². The maximum absolute atomic E-state index is 12.5. The van der Waals surface area contributed by atoms with Crippen LogP contribution in [-0.2, 0) is 0 Å². The van der Waals surface area contributed by atoms with Gasteiger partial charge in [-0.25, -0.2) is 0 Å². The van der Waals surface area contributed by atoms with Crippen LogP contribution in [0.1, 0.15) is 24.2 Å². The van der Waals surface area contributed by atoms with E-state index in [1.807, 2.05) is 50.2 Å². The number of nitrogens with one attached hydrogen (secondary N) is 1. The molecule has 0 bridgehead atoms. The lowest BCUT2D eigenvalue weighted by molar-refractivity contribution is 0.0897. The predicted octanol–water partition coefficient (Wildman–Crippen LogP) is 3.19. The van der Waals surface area contributed by atoms with Crippen LogP contribution in [0.25, 0.3) is 10.8 Å². The van der Waals surface area contributed by atoms with E-state index >= 15 is 0 Å². The average molecular weight is 383 g/mol. The van der Waals surface area contributed by atoms with Crippen LogP contribution < -0.4 is 5.32 Å². The van der Waals surface area contributed by atoms with Crippen molar-refractivity contribution in [1.82, 2.24) is 5.32 Å². The SMILES string of the molecule is CC(C)[C@@H](CO)NC(=O)c1c(I)ccc2ccccc12. The van der Waals surface area contributed by atoms with E-state index in [-0.39, 0.29) is 24.5 Å². The van der Waals surface area contributed by atoms with Crippen molar-refractivity contribution in [3.05, 3.63) is 45.5 Å². The van der Waals surface area contributed by atoms with E-state index in [9.17, 15) is 9.90 Å². The number of halogens is 1. The van der Waals surface area contributed by atoms with Crippen molar-refractivity contribution in [3.63, 3.8) is 0 Å². The van der Waals surface area contributed by atoms with Crippen molar-refractivity contribution in [3.8, 4) is 0 Å². The number of rotatable bonds is 4. The standard InChI is InChI=1S/C16H18INO2/c1-10(2)14(9-19)18-16(20)15-12-6-4-3-5-11(12)7-8-13(15)17/h3-8,10,14,19H,9H2,1-2H3,(H,18,20)/t14-/m1/s1. The molecule has 106 valence electrons. The quantitative estimate of drug-likeness (QED) is 0.797. The van der Waals surface area contributed by atoms with E-state index in [1.54, 1.807) is 0 Å². The third kappa shape index (κ3) is 3.12. The fourth-order valence-electron chi connectivity index (χ4n) is 2.14. The van der Waals surface area contributed by atoms with Gasteiger partial charge in [0.1, 0.15) is 0 Å². The maximum atomic E-state index is 12.5. The molecular weight excluding hydrogens is 365 g/mol. The molecule has 1 atom stereocenters. The Kier molecular flexibility index (Phi) is 4.99. The third-order valence-corrected chi connectivity index (χ3v) is 4.32. The molecule has 2 aromatic carbocycles.